The second kappa shape index (κ2) is 8.47. The van der Waals surface area contributed by atoms with Crippen LogP contribution in [0.1, 0.15) is 12.8 Å². The van der Waals surface area contributed by atoms with Crippen molar-refractivity contribution in [1.82, 2.24) is 15.5 Å². The highest BCUT2D eigenvalue weighted by Crippen LogP contribution is 2.43. The van der Waals surface area contributed by atoms with Crippen molar-refractivity contribution < 1.29 is 14.4 Å². The molecule has 0 radical (unpaired) electrons. The van der Waals surface area contributed by atoms with Crippen LogP contribution in [0.2, 0.25) is 0 Å². The highest BCUT2D eigenvalue weighted by molar-refractivity contribution is 6.07. The Morgan fingerprint density at radius 1 is 1.46 bits per heavy atom. The fourth-order valence-electron chi connectivity index (χ4n) is 2.50. The van der Waals surface area contributed by atoms with Crippen molar-refractivity contribution in [2.45, 2.75) is 24.4 Å². The van der Waals surface area contributed by atoms with Crippen LogP contribution in [0.4, 0.5) is 4.79 Å². The Hall–Kier alpha value is -1.62. The third-order valence-corrected chi connectivity index (χ3v) is 4.11. The standard InChI is InChI=1S/C12H21N7O3.2ClH/c1-19(8(20)3-12(15)2-6(12)4-13)7-5-16-11(17-9(7)21)18-10(14)22;;/h6-7H,2-5,13,15H2,1H3,(H4,14,16,17,18,21,22);2*1H/t6-,7?,12-;;/m0../s1. The van der Waals surface area contributed by atoms with Gasteiger partial charge >= 0.3 is 6.03 Å². The lowest BCUT2D eigenvalue weighted by Gasteiger charge is -2.30. The number of nitrogens with zero attached hydrogens (tertiary/aromatic N) is 2. The van der Waals surface area contributed by atoms with Crippen LogP contribution in [0, 0.1) is 5.92 Å². The van der Waals surface area contributed by atoms with Gasteiger partial charge in [-0.2, -0.15) is 0 Å². The van der Waals surface area contributed by atoms with Gasteiger partial charge < -0.3 is 22.1 Å². The number of likely N-dealkylation sites (N-methyl/N-ethyl adjacent to an activating group) is 1. The Morgan fingerprint density at radius 3 is 2.54 bits per heavy atom. The monoisotopic (exact) mass is 383 g/mol. The molecule has 8 N–H and O–H groups in total. The Balaban J connectivity index is 0.00000264. The highest BCUT2D eigenvalue weighted by Gasteiger charge is 2.51. The van der Waals surface area contributed by atoms with E-state index in [9.17, 15) is 14.4 Å². The van der Waals surface area contributed by atoms with Crippen LogP contribution in [0.25, 0.3) is 0 Å². The summed E-state index contributed by atoms with van der Waals surface area (Å²) >= 11 is 0. The Kier molecular flexibility index (Phi) is 7.90. The molecule has 0 saturated heterocycles. The number of nitrogens with one attached hydrogen (secondary N) is 2. The summed E-state index contributed by atoms with van der Waals surface area (Å²) in [4.78, 5) is 40.3. The van der Waals surface area contributed by atoms with Crippen molar-refractivity contribution in [2.24, 2.45) is 28.1 Å². The SMILES string of the molecule is CN(C(=O)C[C@@]1(N)C[C@H]1CN)C1CN=C(NC(N)=O)NC1=O.Cl.Cl. The van der Waals surface area contributed by atoms with Crippen LogP contribution in [-0.4, -0.2) is 60.4 Å². The van der Waals surface area contributed by atoms with Gasteiger partial charge in [0.15, 0.2) is 0 Å². The number of primary amides is 1. The molecule has 0 spiro atoms. The Bertz CT molecular complexity index is 545. The maximum Gasteiger partial charge on any atom is 0.318 e. The number of aliphatic imine (C=N–C) groups is 1. The van der Waals surface area contributed by atoms with E-state index in [-0.39, 0.29) is 55.6 Å². The fraction of sp³-hybridized carbons (Fsp3) is 0.667. The molecule has 1 saturated carbocycles. The first-order chi connectivity index (χ1) is 10.3. The van der Waals surface area contributed by atoms with Crippen LogP contribution in [0.3, 0.4) is 0 Å². The third-order valence-electron chi connectivity index (χ3n) is 4.11. The Morgan fingerprint density at radius 2 is 2.08 bits per heavy atom. The molecule has 24 heavy (non-hydrogen) atoms. The van der Waals surface area contributed by atoms with Crippen molar-refractivity contribution in [3.8, 4) is 0 Å². The summed E-state index contributed by atoms with van der Waals surface area (Å²) in [5.41, 5.74) is 16.0. The number of carbonyl (C=O) groups is 3. The van der Waals surface area contributed by atoms with E-state index in [1.165, 1.54) is 11.9 Å². The smallest absolute Gasteiger partial charge is 0.318 e. The summed E-state index contributed by atoms with van der Waals surface area (Å²) in [6.07, 6.45) is 0.857. The predicted molar refractivity (Wildman–Crippen MR) is 92.9 cm³/mol. The lowest BCUT2D eigenvalue weighted by Crippen LogP contribution is -2.58. The fourth-order valence-corrected chi connectivity index (χ4v) is 2.50. The summed E-state index contributed by atoms with van der Waals surface area (Å²) < 4.78 is 0. The molecular formula is C12H23Cl2N7O3. The van der Waals surface area contributed by atoms with E-state index in [2.05, 4.69) is 15.6 Å². The zero-order chi connectivity index (χ0) is 16.5. The first-order valence-electron chi connectivity index (χ1n) is 6.93. The summed E-state index contributed by atoms with van der Waals surface area (Å²) in [7, 11) is 1.53. The zero-order valence-electron chi connectivity index (χ0n) is 13.2. The molecular weight excluding hydrogens is 361 g/mol. The molecule has 138 valence electrons. The molecule has 0 aromatic rings. The molecule has 2 rings (SSSR count). The molecule has 1 aliphatic heterocycles. The minimum Gasteiger partial charge on any atom is -0.351 e. The van der Waals surface area contributed by atoms with Gasteiger partial charge in [0.2, 0.25) is 11.9 Å². The number of guanidine groups is 1. The van der Waals surface area contributed by atoms with Crippen molar-refractivity contribution in [3.05, 3.63) is 0 Å². The van der Waals surface area contributed by atoms with Crippen LogP contribution in [0.15, 0.2) is 4.99 Å². The minimum absolute atomic E-state index is 0. The van der Waals surface area contributed by atoms with Gasteiger partial charge in [-0.25, -0.2) is 9.79 Å². The lowest BCUT2D eigenvalue weighted by atomic mass is 10.1. The average molecular weight is 384 g/mol. The molecule has 1 fully saturated rings. The number of halogens is 2. The van der Waals surface area contributed by atoms with Crippen molar-refractivity contribution >= 4 is 48.6 Å². The molecule has 2 aliphatic rings. The molecule has 1 aliphatic carbocycles. The van der Waals surface area contributed by atoms with Gasteiger partial charge in [0.25, 0.3) is 5.91 Å². The van der Waals surface area contributed by atoms with Gasteiger partial charge in [0.05, 0.1) is 6.54 Å². The van der Waals surface area contributed by atoms with E-state index in [0.29, 0.717) is 13.0 Å². The largest absolute Gasteiger partial charge is 0.351 e. The second-order valence-electron chi connectivity index (χ2n) is 5.73. The normalized spacial score (nSPS) is 27.6. The number of urea groups is 1. The molecule has 12 heteroatoms. The molecule has 0 aromatic carbocycles. The molecule has 0 aromatic heterocycles. The Labute approximate surface area is 151 Å². The second-order valence-corrected chi connectivity index (χ2v) is 5.73. The van der Waals surface area contributed by atoms with Crippen molar-refractivity contribution in [3.63, 3.8) is 0 Å². The summed E-state index contributed by atoms with van der Waals surface area (Å²) in [6, 6.07) is -1.57. The first-order valence-corrected chi connectivity index (χ1v) is 6.93. The van der Waals surface area contributed by atoms with E-state index in [1.807, 2.05) is 0 Å². The third kappa shape index (κ3) is 4.94. The van der Waals surface area contributed by atoms with E-state index in [1.54, 1.807) is 0 Å². The first kappa shape index (κ1) is 22.4. The van der Waals surface area contributed by atoms with E-state index in [0.717, 1.165) is 0 Å². The molecule has 4 amide bonds. The van der Waals surface area contributed by atoms with Crippen LogP contribution < -0.4 is 27.8 Å². The summed E-state index contributed by atoms with van der Waals surface area (Å²) in [5.74, 6) is -0.545. The van der Waals surface area contributed by atoms with E-state index in [4.69, 9.17) is 17.2 Å². The molecule has 1 unspecified atom stereocenters. The molecule has 0 bridgehead atoms. The molecule has 1 heterocycles. The number of nitrogens with two attached hydrogens (primary N) is 3. The van der Waals surface area contributed by atoms with Gasteiger partial charge in [-0.05, 0) is 18.9 Å². The topological polar surface area (TPSA) is 169 Å². The van der Waals surface area contributed by atoms with E-state index >= 15 is 0 Å². The van der Waals surface area contributed by atoms with Gasteiger partial charge in [-0.3, -0.25) is 20.2 Å². The zero-order valence-corrected chi connectivity index (χ0v) is 14.8. The maximum atomic E-state index is 12.3. The van der Waals surface area contributed by atoms with E-state index < -0.39 is 23.5 Å². The van der Waals surface area contributed by atoms with Gasteiger partial charge in [0.1, 0.15) is 6.04 Å². The van der Waals surface area contributed by atoms with Gasteiger partial charge in [0, 0.05) is 19.0 Å². The number of hydrogen-bond donors (Lipinski definition) is 5. The molecule has 10 nitrogen and oxygen atoms in total. The maximum absolute atomic E-state index is 12.3. The van der Waals surface area contributed by atoms with Crippen LogP contribution in [-0.2, 0) is 9.59 Å². The minimum atomic E-state index is -0.825. The summed E-state index contributed by atoms with van der Waals surface area (Å²) in [6.45, 7) is 0.491. The van der Waals surface area contributed by atoms with Gasteiger partial charge in [-0.15, -0.1) is 24.8 Å². The predicted octanol–water partition coefficient (Wildman–Crippen LogP) is -2.12. The molecule has 3 atom stereocenters. The number of amides is 4. The average Bonchev–Trinajstić information content (AvgIpc) is 3.07. The number of carbonyl (C=O) groups excluding carboxylic acids is 3. The van der Waals surface area contributed by atoms with Crippen molar-refractivity contribution in [2.75, 3.05) is 20.1 Å². The van der Waals surface area contributed by atoms with Crippen molar-refractivity contribution in [1.29, 1.82) is 0 Å². The quantitative estimate of drug-likeness (QED) is 0.373. The van der Waals surface area contributed by atoms with Gasteiger partial charge in [-0.1, -0.05) is 0 Å². The highest BCUT2D eigenvalue weighted by atomic mass is 35.5. The summed E-state index contributed by atoms with van der Waals surface area (Å²) in [5, 5.41) is 4.57. The number of rotatable bonds is 4. The van der Waals surface area contributed by atoms with Crippen LogP contribution >= 0.6 is 24.8 Å². The number of hydrogen-bond acceptors (Lipinski definition) is 6. The lowest BCUT2D eigenvalue weighted by molar-refractivity contribution is -0.138. The van der Waals surface area contributed by atoms with Crippen LogP contribution in [0.5, 0.6) is 0 Å².